The van der Waals surface area contributed by atoms with Crippen LogP contribution in [0.15, 0.2) is 24.3 Å². The number of unbranched alkanes of at least 4 members (excludes halogenated alkanes) is 1. The van der Waals surface area contributed by atoms with E-state index in [1.165, 1.54) is 0 Å². The minimum absolute atomic E-state index is 0.0109. The quantitative estimate of drug-likeness (QED) is 0.0798. The smallest absolute Gasteiger partial charge is 0.326 e. The molecular weight excluding hydrogens is 755 g/mol. The third-order valence-electron chi connectivity index (χ3n) is 8.03. The number of halogens is 1. The summed E-state index contributed by atoms with van der Waals surface area (Å²) in [5.41, 5.74) is 1.11. The summed E-state index contributed by atoms with van der Waals surface area (Å²) in [5.74, 6) is -4.82. The van der Waals surface area contributed by atoms with E-state index in [0.29, 0.717) is 58.4 Å². The molecule has 1 saturated heterocycles. The molecule has 0 bridgehead atoms. The van der Waals surface area contributed by atoms with Gasteiger partial charge in [-0.1, -0.05) is 12.1 Å². The minimum atomic E-state index is -1.12. The lowest BCUT2D eigenvalue weighted by Gasteiger charge is -2.32. The Labute approximate surface area is 299 Å². The average Bonchev–Trinajstić information content (AvgIpc) is 3.01. The van der Waals surface area contributed by atoms with E-state index in [9.17, 15) is 49.2 Å². The van der Waals surface area contributed by atoms with E-state index in [2.05, 4.69) is 33.2 Å². The van der Waals surface area contributed by atoms with Crippen molar-refractivity contribution in [1.82, 2.24) is 30.2 Å². The Balaban J connectivity index is 1.84. The van der Waals surface area contributed by atoms with Gasteiger partial charge in [0, 0.05) is 68.9 Å². The molecule has 49 heavy (non-hydrogen) atoms. The Kier molecular flexibility index (Phi) is 19.7. The zero-order valence-corrected chi connectivity index (χ0v) is 29.9. The number of aryl methyl sites for hydroxylation is 1. The zero-order chi connectivity index (χ0) is 36.2. The lowest BCUT2D eigenvalue weighted by molar-refractivity contribution is -0.142. The monoisotopic (exact) mass is 804 g/mol. The lowest BCUT2D eigenvalue weighted by atomic mass is 10.1. The highest BCUT2D eigenvalue weighted by Gasteiger charge is 2.22. The van der Waals surface area contributed by atoms with Gasteiger partial charge in [0.15, 0.2) is 0 Å². The molecule has 1 aliphatic heterocycles. The van der Waals surface area contributed by atoms with Crippen molar-refractivity contribution in [3.05, 3.63) is 33.4 Å². The highest BCUT2D eigenvalue weighted by atomic mass is 127. The van der Waals surface area contributed by atoms with Crippen molar-refractivity contribution in [2.45, 2.75) is 44.6 Å². The van der Waals surface area contributed by atoms with E-state index < -0.39 is 29.9 Å². The van der Waals surface area contributed by atoms with Crippen LogP contribution in [0.4, 0.5) is 0 Å². The maximum absolute atomic E-state index is 12.8. The Morgan fingerprint density at radius 3 is 1.51 bits per heavy atom. The van der Waals surface area contributed by atoms with Crippen LogP contribution in [0.1, 0.15) is 37.7 Å². The van der Waals surface area contributed by atoms with E-state index in [-0.39, 0.29) is 77.0 Å². The molecule has 1 atom stereocenters. The first-order chi connectivity index (χ1) is 23.3. The predicted octanol–water partition coefficient (Wildman–Crippen LogP) is -0.0548. The average molecular weight is 805 g/mol. The van der Waals surface area contributed by atoms with E-state index in [1.54, 1.807) is 14.7 Å². The molecule has 2 amide bonds. The fraction of sp³-hybridized carbons (Fsp3) is 0.625. The second-order valence-corrected chi connectivity index (χ2v) is 13.3. The van der Waals surface area contributed by atoms with Crippen LogP contribution < -0.4 is 10.6 Å². The fourth-order valence-corrected chi connectivity index (χ4v) is 5.73. The summed E-state index contributed by atoms with van der Waals surface area (Å²) in [6, 6.07) is 6.97. The molecule has 0 unspecified atom stereocenters. The van der Waals surface area contributed by atoms with Gasteiger partial charge in [0.25, 0.3) is 0 Å². The Hall–Kier alpha value is -3.39. The van der Waals surface area contributed by atoms with Crippen LogP contribution in [-0.4, -0.2) is 167 Å². The van der Waals surface area contributed by atoms with Crippen molar-refractivity contribution in [2.24, 2.45) is 0 Å². The number of rotatable bonds is 19. The number of carboxylic acids is 4. The largest absolute Gasteiger partial charge is 0.480 e. The number of nitrogens with one attached hydrogen (secondary N) is 2. The standard InChI is InChI=1S/C32H49IN6O10/c33-25-9-7-24(8-10-25)4-3-6-27(40)35-26(32(48)49)5-1-2-11-34-28(41)20-36-12-14-37(21-29(42)43)16-18-39(23-31(46)47)19-17-38(15-13-36)22-30(44)45/h7-10,26H,1-6,11-23H2,(H,34,41)(H,35,40)(H,42,43)(H,44,45)(H,46,47)(H,48,49)/t26-/m0/s1. The number of carbonyl (C=O) groups excluding carboxylic acids is 2. The number of carboxylic acid groups (broad SMARTS) is 4. The van der Waals surface area contributed by atoms with Crippen LogP contribution in [0.25, 0.3) is 0 Å². The van der Waals surface area contributed by atoms with Crippen molar-refractivity contribution >= 4 is 58.3 Å². The van der Waals surface area contributed by atoms with Gasteiger partial charge >= 0.3 is 23.9 Å². The minimum Gasteiger partial charge on any atom is -0.480 e. The Morgan fingerprint density at radius 2 is 1.08 bits per heavy atom. The lowest BCUT2D eigenvalue weighted by Crippen LogP contribution is -2.49. The molecule has 1 aromatic rings. The maximum Gasteiger partial charge on any atom is 0.326 e. The number of hydrogen-bond acceptors (Lipinski definition) is 10. The molecule has 0 aromatic heterocycles. The first-order valence-electron chi connectivity index (χ1n) is 16.4. The second-order valence-electron chi connectivity index (χ2n) is 12.1. The maximum atomic E-state index is 12.8. The Bertz CT molecular complexity index is 1210. The van der Waals surface area contributed by atoms with Crippen molar-refractivity contribution in [1.29, 1.82) is 0 Å². The number of carbonyl (C=O) groups is 6. The molecule has 1 fully saturated rings. The first kappa shape index (κ1) is 41.8. The number of benzene rings is 1. The summed E-state index contributed by atoms with van der Waals surface area (Å²) in [7, 11) is 0. The molecule has 0 spiro atoms. The van der Waals surface area contributed by atoms with Gasteiger partial charge < -0.3 is 31.1 Å². The van der Waals surface area contributed by atoms with Gasteiger partial charge in [0.2, 0.25) is 11.8 Å². The predicted molar refractivity (Wildman–Crippen MR) is 187 cm³/mol. The first-order valence-corrected chi connectivity index (χ1v) is 17.5. The molecule has 17 heteroatoms. The van der Waals surface area contributed by atoms with Crippen LogP contribution in [0.5, 0.6) is 0 Å². The van der Waals surface area contributed by atoms with E-state index in [0.717, 1.165) is 9.13 Å². The summed E-state index contributed by atoms with van der Waals surface area (Å²) < 4.78 is 1.12. The molecule has 2 rings (SSSR count). The van der Waals surface area contributed by atoms with E-state index in [1.807, 2.05) is 29.2 Å². The summed E-state index contributed by atoms with van der Waals surface area (Å²) in [6.07, 6.45) is 2.69. The third-order valence-corrected chi connectivity index (χ3v) is 8.75. The fourth-order valence-electron chi connectivity index (χ4n) is 5.37. The normalized spacial score (nSPS) is 16.5. The molecule has 16 nitrogen and oxygen atoms in total. The molecule has 1 heterocycles. The second kappa shape index (κ2) is 23.1. The van der Waals surface area contributed by atoms with Crippen LogP contribution >= 0.6 is 22.6 Å². The molecule has 6 N–H and O–H groups in total. The molecule has 0 saturated carbocycles. The van der Waals surface area contributed by atoms with Crippen LogP contribution in [0.3, 0.4) is 0 Å². The molecule has 0 aliphatic carbocycles. The van der Waals surface area contributed by atoms with Crippen molar-refractivity contribution in [3.63, 3.8) is 0 Å². The number of nitrogens with zero attached hydrogens (tertiary/aromatic N) is 4. The summed E-state index contributed by atoms with van der Waals surface area (Å²) in [5, 5.41) is 43.1. The van der Waals surface area contributed by atoms with Gasteiger partial charge in [-0.3, -0.25) is 43.6 Å². The topological polar surface area (TPSA) is 220 Å². The van der Waals surface area contributed by atoms with Gasteiger partial charge in [-0.05, 0) is 72.4 Å². The van der Waals surface area contributed by atoms with Gasteiger partial charge in [-0.15, -0.1) is 0 Å². The number of hydrogen-bond donors (Lipinski definition) is 6. The SMILES string of the molecule is O=C(O)CN1CCN(CC(=O)O)CCN(CC(=O)NCCCC[C@H](NC(=O)CCCc2ccc(I)cc2)C(=O)O)CCN(CC(=O)O)CC1. The summed E-state index contributed by atoms with van der Waals surface area (Å²) in [6.45, 7) is 1.89. The molecular formula is C32H49IN6O10. The zero-order valence-electron chi connectivity index (χ0n) is 27.7. The van der Waals surface area contributed by atoms with Crippen molar-refractivity contribution in [3.8, 4) is 0 Å². The van der Waals surface area contributed by atoms with Crippen molar-refractivity contribution < 1.29 is 49.2 Å². The third kappa shape index (κ3) is 19.4. The molecule has 1 aliphatic rings. The molecule has 1 aromatic carbocycles. The molecule has 0 radical (unpaired) electrons. The van der Waals surface area contributed by atoms with Gasteiger partial charge in [-0.2, -0.15) is 0 Å². The van der Waals surface area contributed by atoms with E-state index >= 15 is 0 Å². The number of aliphatic carboxylic acids is 4. The number of amides is 2. The highest BCUT2D eigenvalue weighted by Crippen LogP contribution is 2.10. The highest BCUT2D eigenvalue weighted by molar-refractivity contribution is 14.1. The Morgan fingerprint density at radius 1 is 0.633 bits per heavy atom. The van der Waals surface area contributed by atoms with Crippen LogP contribution in [0.2, 0.25) is 0 Å². The van der Waals surface area contributed by atoms with Gasteiger partial charge in [0.05, 0.1) is 26.2 Å². The van der Waals surface area contributed by atoms with Gasteiger partial charge in [-0.25, -0.2) is 4.79 Å². The van der Waals surface area contributed by atoms with Crippen LogP contribution in [-0.2, 0) is 35.2 Å². The summed E-state index contributed by atoms with van der Waals surface area (Å²) >= 11 is 2.22. The molecule has 274 valence electrons. The van der Waals surface area contributed by atoms with Crippen LogP contribution in [0, 0.1) is 3.57 Å². The van der Waals surface area contributed by atoms with Crippen molar-refractivity contribution in [2.75, 3.05) is 85.1 Å². The summed E-state index contributed by atoms with van der Waals surface area (Å²) in [4.78, 5) is 78.1. The van der Waals surface area contributed by atoms with Gasteiger partial charge in [0.1, 0.15) is 6.04 Å². The van der Waals surface area contributed by atoms with E-state index in [4.69, 9.17) is 0 Å².